The van der Waals surface area contributed by atoms with E-state index in [0.29, 0.717) is 42.5 Å². The van der Waals surface area contributed by atoms with E-state index in [1.165, 1.54) is 0 Å². The molecule has 6 nitrogen and oxygen atoms in total. The maximum atomic E-state index is 12.4. The van der Waals surface area contributed by atoms with E-state index < -0.39 is 0 Å². The number of ether oxygens (including phenoxy) is 1. The van der Waals surface area contributed by atoms with E-state index in [-0.39, 0.29) is 17.9 Å². The number of halogens is 1. The third-order valence-electron chi connectivity index (χ3n) is 3.93. The fourth-order valence-corrected chi connectivity index (χ4v) is 3.49. The van der Waals surface area contributed by atoms with E-state index in [2.05, 4.69) is 16.0 Å². The Kier molecular flexibility index (Phi) is 6.62. The SMILES string of the molecule is O=C(CC1COCCN1)Nc1ccc(Cl)c(C(=O)NCc2cccs2)c1. The topological polar surface area (TPSA) is 79.5 Å². The molecule has 3 N–H and O–H groups in total. The molecule has 0 aliphatic carbocycles. The van der Waals surface area contributed by atoms with E-state index in [0.717, 1.165) is 11.4 Å². The van der Waals surface area contributed by atoms with Crippen LogP contribution in [-0.2, 0) is 16.1 Å². The van der Waals surface area contributed by atoms with Gasteiger partial charge in [0.25, 0.3) is 5.91 Å². The average molecular weight is 394 g/mol. The molecule has 1 unspecified atom stereocenters. The van der Waals surface area contributed by atoms with Crippen LogP contribution in [0.5, 0.6) is 0 Å². The molecule has 1 aromatic carbocycles. The van der Waals surface area contributed by atoms with Crippen molar-refractivity contribution in [3.63, 3.8) is 0 Å². The molecule has 0 saturated carbocycles. The highest BCUT2D eigenvalue weighted by Gasteiger charge is 2.18. The van der Waals surface area contributed by atoms with Gasteiger partial charge in [0.05, 0.1) is 30.3 Å². The zero-order chi connectivity index (χ0) is 18.4. The van der Waals surface area contributed by atoms with Crippen LogP contribution >= 0.6 is 22.9 Å². The molecular formula is C18H20ClN3O3S. The molecule has 0 bridgehead atoms. The monoisotopic (exact) mass is 393 g/mol. The van der Waals surface area contributed by atoms with E-state index in [1.54, 1.807) is 29.5 Å². The standard InChI is InChI=1S/C18H20ClN3O3S/c19-16-4-3-12(22-17(23)9-13-11-25-6-5-20-13)8-15(16)18(24)21-10-14-2-1-7-26-14/h1-4,7-8,13,20H,5-6,9-11H2,(H,21,24)(H,22,23). The van der Waals surface area contributed by atoms with Gasteiger partial charge >= 0.3 is 0 Å². The lowest BCUT2D eigenvalue weighted by molar-refractivity contribution is -0.117. The third-order valence-corrected chi connectivity index (χ3v) is 5.13. The van der Waals surface area contributed by atoms with Gasteiger partial charge in [0, 0.05) is 29.6 Å². The van der Waals surface area contributed by atoms with Gasteiger partial charge in [-0.2, -0.15) is 0 Å². The number of amides is 2. The molecule has 0 spiro atoms. The second-order valence-corrected chi connectivity index (χ2v) is 7.37. The van der Waals surface area contributed by atoms with Gasteiger partial charge in [0.1, 0.15) is 0 Å². The van der Waals surface area contributed by atoms with Crippen LogP contribution in [0.2, 0.25) is 5.02 Å². The lowest BCUT2D eigenvalue weighted by Gasteiger charge is -2.23. The average Bonchev–Trinajstić information content (AvgIpc) is 3.15. The van der Waals surface area contributed by atoms with Gasteiger partial charge in [-0.3, -0.25) is 9.59 Å². The fraction of sp³-hybridized carbons (Fsp3) is 0.333. The van der Waals surface area contributed by atoms with Crippen LogP contribution in [0, 0.1) is 0 Å². The van der Waals surface area contributed by atoms with Crippen LogP contribution in [0.3, 0.4) is 0 Å². The van der Waals surface area contributed by atoms with Crippen molar-refractivity contribution in [2.75, 3.05) is 25.1 Å². The largest absolute Gasteiger partial charge is 0.378 e. The highest BCUT2D eigenvalue weighted by Crippen LogP contribution is 2.21. The smallest absolute Gasteiger partial charge is 0.253 e. The molecule has 3 rings (SSSR count). The van der Waals surface area contributed by atoms with Gasteiger partial charge in [-0.05, 0) is 29.6 Å². The third kappa shape index (κ3) is 5.28. The molecule has 2 heterocycles. The maximum absolute atomic E-state index is 12.4. The summed E-state index contributed by atoms with van der Waals surface area (Å²) in [6.07, 6.45) is 0.308. The van der Waals surface area contributed by atoms with Gasteiger partial charge in [0.2, 0.25) is 5.91 Å². The zero-order valence-corrected chi connectivity index (χ0v) is 15.7. The predicted molar refractivity (Wildman–Crippen MR) is 103 cm³/mol. The number of morpholine rings is 1. The van der Waals surface area contributed by atoms with E-state index in [1.807, 2.05) is 17.5 Å². The normalized spacial score (nSPS) is 16.9. The van der Waals surface area contributed by atoms with Crippen molar-refractivity contribution in [3.05, 3.63) is 51.2 Å². The van der Waals surface area contributed by atoms with Crippen LogP contribution in [0.25, 0.3) is 0 Å². The number of thiophene rings is 1. The Morgan fingerprint density at radius 1 is 1.35 bits per heavy atom. The number of nitrogens with one attached hydrogen (secondary N) is 3. The molecule has 1 fully saturated rings. The van der Waals surface area contributed by atoms with Crippen molar-refractivity contribution in [2.24, 2.45) is 0 Å². The summed E-state index contributed by atoms with van der Waals surface area (Å²) in [5.74, 6) is -0.415. The summed E-state index contributed by atoms with van der Waals surface area (Å²) in [5, 5.41) is 11.2. The summed E-state index contributed by atoms with van der Waals surface area (Å²) in [7, 11) is 0. The van der Waals surface area contributed by atoms with E-state index >= 15 is 0 Å². The molecule has 2 aromatic rings. The van der Waals surface area contributed by atoms with Crippen molar-refractivity contribution in [1.82, 2.24) is 10.6 Å². The molecule has 26 heavy (non-hydrogen) atoms. The molecular weight excluding hydrogens is 374 g/mol. The van der Waals surface area contributed by atoms with Crippen molar-refractivity contribution in [1.29, 1.82) is 0 Å². The number of carbonyl (C=O) groups excluding carboxylic acids is 2. The maximum Gasteiger partial charge on any atom is 0.253 e. The first-order valence-corrected chi connectivity index (χ1v) is 9.58. The predicted octanol–water partition coefficient (Wildman–Crippen LogP) is 2.65. The minimum atomic E-state index is -0.276. The summed E-state index contributed by atoms with van der Waals surface area (Å²) in [6.45, 7) is 2.37. The second-order valence-electron chi connectivity index (χ2n) is 5.93. The van der Waals surface area contributed by atoms with Gasteiger partial charge in [-0.25, -0.2) is 0 Å². The number of benzene rings is 1. The lowest BCUT2D eigenvalue weighted by Crippen LogP contribution is -2.43. The fourth-order valence-electron chi connectivity index (χ4n) is 2.64. The number of rotatable bonds is 6. The van der Waals surface area contributed by atoms with Crippen molar-refractivity contribution in [3.8, 4) is 0 Å². The zero-order valence-electron chi connectivity index (χ0n) is 14.1. The van der Waals surface area contributed by atoms with E-state index in [4.69, 9.17) is 16.3 Å². The summed E-state index contributed by atoms with van der Waals surface area (Å²) in [6, 6.07) is 8.77. The summed E-state index contributed by atoms with van der Waals surface area (Å²) in [5.41, 5.74) is 0.873. The first-order chi connectivity index (χ1) is 12.6. The molecule has 1 aromatic heterocycles. The highest BCUT2D eigenvalue weighted by molar-refractivity contribution is 7.09. The van der Waals surface area contributed by atoms with Crippen LogP contribution in [-0.4, -0.2) is 37.6 Å². The second kappa shape index (κ2) is 9.14. The Morgan fingerprint density at radius 3 is 2.96 bits per heavy atom. The van der Waals surface area contributed by atoms with Crippen molar-refractivity contribution >= 4 is 40.4 Å². The molecule has 0 radical (unpaired) electrons. The van der Waals surface area contributed by atoms with Crippen molar-refractivity contribution < 1.29 is 14.3 Å². The summed E-state index contributed by atoms with van der Waals surface area (Å²) in [4.78, 5) is 25.6. The number of anilines is 1. The van der Waals surface area contributed by atoms with E-state index in [9.17, 15) is 9.59 Å². The van der Waals surface area contributed by atoms with Gasteiger partial charge < -0.3 is 20.7 Å². The molecule has 1 aliphatic heterocycles. The Bertz CT molecular complexity index is 761. The number of carbonyl (C=O) groups is 2. The quantitative estimate of drug-likeness (QED) is 0.705. The van der Waals surface area contributed by atoms with Gasteiger partial charge in [0.15, 0.2) is 0 Å². The van der Waals surface area contributed by atoms with Crippen LogP contribution < -0.4 is 16.0 Å². The Morgan fingerprint density at radius 2 is 2.23 bits per heavy atom. The lowest BCUT2D eigenvalue weighted by atomic mass is 10.1. The Hall–Kier alpha value is -1.93. The number of hydrogen-bond acceptors (Lipinski definition) is 5. The van der Waals surface area contributed by atoms with Gasteiger partial charge in [-0.1, -0.05) is 17.7 Å². The Labute approximate surface area is 160 Å². The summed E-state index contributed by atoms with van der Waals surface area (Å²) < 4.78 is 5.34. The van der Waals surface area contributed by atoms with Gasteiger partial charge in [-0.15, -0.1) is 11.3 Å². The first kappa shape index (κ1) is 18.8. The molecule has 2 amide bonds. The van der Waals surface area contributed by atoms with Crippen molar-refractivity contribution in [2.45, 2.75) is 19.0 Å². The first-order valence-electron chi connectivity index (χ1n) is 8.33. The molecule has 1 saturated heterocycles. The molecule has 8 heteroatoms. The highest BCUT2D eigenvalue weighted by atomic mass is 35.5. The van der Waals surface area contributed by atoms with Crippen LogP contribution in [0.15, 0.2) is 35.7 Å². The minimum Gasteiger partial charge on any atom is -0.378 e. The molecule has 138 valence electrons. The van der Waals surface area contributed by atoms with Crippen LogP contribution in [0.1, 0.15) is 21.7 Å². The Balaban J connectivity index is 1.59. The molecule has 1 atom stereocenters. The van der Waals surface area contributed by atoms with Crippen LogP contribution in [0.4, 0.5) is 5.69 Å². The number of hydrogen-bond donors (Lipinski definition) is 3. The molecule has 1 aliphatic rings. The summed E-state index contributed by atoms with van der Waals surface area (Å²) >= 11 is 7.72. The minimum absolute atomic E-state index is 0.00427.